The Morgan fingerprint density at radius 2 is 1.91 bits per heavy atom. The highest BCUT2D eigenvalue weighted by atomic mass is 16.5. The minimum Gasteiger partial charge on any atom is -0.493 e. The van der Waals surface area contributed by atoms with Gasteiger partial charge in [-0.1, -0.05) is 32.0 Å². The number of nitrogens with one attached hydrogen (secondary N) is 1. The fourth-order valence-corrected chi connectivity index (χ4v) is 3.22. The van der Waals surface area contributed by atoms with Crippen LogP contribution in [0.2, 0.25) is 0 Å². The van der Waals surface area contributed by atoms with Crippen LogP contribution in [-0.2, 0) is 9.53 Å². The lowest BCUT2D eigenvalue weighted by atomic mass is 10.1. The number of benzene rings is 2. The average Bonchev–Trinajstić information content (AvgIpc) is 3.28. The molecule has 0 aliphatic rings. The van der Waals surface area contributed by atoms with Crippen LogP contribution in [0.1, 0.15) is 25.8 Å². The smallest absolute Gasteiger partial charge is 0.261 e. The van der Waals surface area contributed by atoms with Crippen molar-refractivity contribution in [3.05, 3.63) is 71.9 Å². The Morgan fingerprint density at radius 3 is 2.56 bits per heavy atom. The van der Waals surface area contributed by atoms with Gasteiger partial charge >= 0.3 is 0 Å². The molecular weight excluding hydrogens is 428 g/mol. The van der Waals surface area contributed by atoms with E-state index in [-0.39, 0.29) is 5.57 Å². The van der Waals surface area contributed by atoms with Crippen LogP contribution in [0.5, 0.6) is 5.75 Å². The van der Waals surface area contributed by atoms with Crippen LogP contribution in [-0.4, -0.2) is 42.6 Å². The van der Waals surface area contributed by atoms with Crippen LogP contribution in [0.25, 0.3) is 23.0 Å². The lowest BCUT2D eigenvalue weighted by molar-refractivity contribution is -0.117. The summed E-state index contributed by atoms with van der Waals surface area (Å²) in [5.41, 5.74) is 3.09. The van der Waals surface area contributed by atoms with Crippen LogP contribution in [0.3, 0.4) is 0 Å². The lowest BCUT2D eigenvalue weighted by Crippen LogP contribution is -2.26. The van der Waals surface area contributed by atoms with E-state index in [0.717, 1.165) is 17.0 Å². The minimum atomic E-state index is -0.422. The second kappa shape index (κ2) is 12.4. The van der Waals surface area contributed by atoms with E-state index in [1.165, 1.54) is 0 Å². The van der Waals surface area contributed by atoms with Crippen molar-refractivity contribution >= 4 is 12.0 Å². The molecule has 2 aromatic carbocycles. The molecule has 3 aromatic rings. The molecule has 0 radical (unpaired) electrons. The first kappa shape index (κ1) is 24.7. The summed E-state index contributed by atoms with van der Waals surface area (Å²) in [5, 5.41) is 17.2. The van der Waals surface area contributed by atoms with Crippen LogP contribution in [0.15, 0.2) is 66.4 Å². The van der Waals surface area contributed by atoms with Crippen molar-refractivity contribution in [1.29, 1.82) is 5.26 Å². The second-order valence-electron chi connectivity index (χ2n) is 8.21. The van der Waals surface area contributed by atoms with Crippen molar-refractivity contribution in [1.82, 2.24) is 15.1 Å². The van der Waals surface area contributed by atoms with Gasteiger partial charge < -0.3 is 14.8 Å². The second-order valence-corrected chi connectivity index (χ2v) is 8.21. The minimum absolute atomic E-state index is 0.0168. The predicted molar refractivity (Wildman–Crippen MR) is 132 cm³/mol. The van der Waals surface area contributed by atoms with E-state index in [2.05, 4.69) is 19.2 Å². The maximum Gasteiger partial charge on any atom is 0.261 e. The zero-order valence-corrected chi connectivity index (χ0v) is 19.8. The van der Waals surface area contributed by atoms with Gasteiger partial charge in [-0.05, 0) is 54.8 Å². The van der Waals surface area contributed by atoms with Gasteiger partial charge in [-0.3, -0.25) is 4.79 Å². The summed E-state index contributed by atoms with van der Waals surface area (Å²) in [6.07, 6.45) is 4.07. The third kappa shape index (κ3) is 6.80. The first-order chi connectivity index (χ1) is 16.5. The Morgan fingerprint density at radius 1 is 1.18 bits per heavy atom. The molecule has 1 amide bonds. The number of ether oxygens (including phenoxy) is 2. The highest BCUT2D eigenvalue weighted by Gasteiger charge is 2.15. The predicted octanol–water partition coefficient (Wildman–Crippen LogP) is 4.63. The topological polar surface area (TPSA) is 89.2 Å². The molecule has 0 spiro atoms. The summed E-state index contributed by atoms with van der Waals surface area (Å²) >= 11 is 0. The monoisotopic (exact) mass is 458 g/mol. The molecule has 0 fully saturated rings. The zero-order valence-electron chi connectivity index (χ0n) is 19.8. The van der Waals surface area contributed by atoms with E-state index in [0.29, 0.717) is 43.4 Å². The summed E-state index contributed by atoms with van der Waals surface area (Å²) in [6, 6.07) is 19.4. The Kier molecular flexibility index (Phi) is 9.01. The van der Waals surface area contributed by atoms with Crippen molar-refractivity contribution in [3.8, 4) is 28.8 Å². The van der Waals surface area contributed by atoms with E-state index in [1.807, 2.05) is 66.9 Å². The number of amides is 1. The van der Waals surface area contributed by atoms with Crippen molar-refractivity contribution in [2.24, 2.45) is 5.92 Å². The number of nitrogens with zero attached hydrogens (tertiary/aromatic N) is 3. The van der Waals surface area contributed by atoms with Gasteiger partial charge in [0.15, 0.2) is 0 Å². The first-order valence-electron chi connectivity index (χ1n) is 11.3. The third-order valence-corrected chi connectivity index (χ3v) is 4.95. The van der Waals surface area contributed by atoms with Gasteiger partial charge in [-0.2, -0.15) is 10.4 Å². The number of nitriles is 1. The number of hydrogen-bond donors (Lipinski definition) is 1. The SMILES string of the molecule is COCCCNC(=O)C(C#N)=Cc1cn(-c2ccccc2)nc1-c1ccc(OCC(C)C)cc1. The standard InChI is InChI=1S/C27H30N4O3/c1-20(2)19-34-25-12-10-21(11-13-25)26-23(18-31(30-26)24-8-5-4-6-9-24)16-22(17-28)27(32)29-14-7-15-33-3/h4-6,8-13,16,18,20H,7,14-15,19H2,1-3H3,(H,29,32). The van der Waals surface area contributed by atoms with Crippen LogP contribution in [0, 0.1) is 17.2 Å². The first-order valence-corrected chi connectivity index (χ1v) is 11.3. The summed E-state index contributed by atoms with van der Waals surface area (Å²) in [6.45, 7) is 5.81. The van der Waals surface area contributed by atoms with Crippen LogP contribution >= 0.6 is 0 Å². The number of para-hydroxylation sites is 1. The average molecular weight is 459 g/mol. The largest absolute Gasteiger partial charge is 0.493 e. The van der Waals surface area contributed by atoms with E-state index in [9.17, 15) is 10.1 Å². The number of aromatic nitrogens is 2. The van der Waals surface area contributed by atoms with Crippen molar-refractivity contribution in [2.45, 2.75) is 20.3 Å². The normalized spacial score (nSPS) is 11.3. The van der Waals surface area contributed by atoms with Gasteiger partial charge in [0.25, 0.3) is 5.91 Å². The summed E-state index contributed by atoms with van der Waals surface area (Å²) in [7, 11) is 1.61. The van der Waals surface area contributed by atoms with Gasteiger partial charge in [0.1, 0.15) is 17.4 Å². The van der Waals surface area contributed by atoms with E-state index in [4.69, 9.17) is 14.6 Å². The fourth-order valence-electron chi connectivity index (χ4n) is 3.22. The highest BCUT2D eigenvalue weighted by Crippen LogP contribution is 2.27. The van der Waals surface area contributed by atoms with Gasteiger partial charge in [-0.25, -0.2) is 4.68 Å². The molecule has 3 rings (SSSR count). The van der Waals surface area contributed by atoms with Gasteiger partial charge in [-0.15, -0.1) is 0 Å². The maximum absolute atomic E-state index is 12.6. The summed E-state index contributed by atoms with van der Waals surface area (Å²) in [5.74, 6) is 0.794. The molecular formula is C27H30N4O3. The Labute approximate surface area is 200 Å². The molecule has 0 bridgehead atoms. The van der Waals surface area contributed by atoms with Crippen molar-refractivity contribution in [2.75, 3.05) is 26.9 Å². The summed E-state index contributed by atoms with van der Waals surface area (Å²) < 4.78 is 12.5. The van der Waals surface area contributed by atoms with Gasteiger partial charge in [0, 0.05) is 37.6 Å². The maximum atomic E-state index is 12.6. The zero-order chi connectivity index (χ0) is 24.3. The molecule has 0 unspecified atom stereocenters. The van der Waals surface area contributed by atoms with E-state index >= 15 is 0 Å². The fraction of sp³-hybridized carbons (Fsp3) is 0.296. The summed E-state index contributed by atoms with van der Waals surface area (Å²) in [4.78, 5) is 12.6. The van der Waals surface area contributed by atoms with Gasteiger partial charge in [0.2, 0.25) is 0 Å². The number of carbonyl (C=O) groups excluding carboxylic acids is 1. The molecule has 1 heterocycles. The molecule has 0 saturated heterocycles. The number of hydrogen-bond acceptors (Lipinski definition) is 5. The molecule has 0 aliphatic carbocycles. The quantitative estimate of drug-likeness (QED) is 0.257. The molecule has 0 saturated carbocycles. The molecule has 1 aromatic heterocycles. The number of carbonyl (C=O) groups is 1. The highest BCUT2D eigenvalue weighted by molar-refractivity contribution is 6.02. The molecule has 0 aliphatic heterocycles. The molecule has 7 nitrogen and oxygen atoms in total. The van der Waals surface area contributed by atoms with E-state index < -0.39 is 5.91 Å². The number of methoxy groups -OCH3 is 1. The molecule has 1 N–H and O–H groups in total. The molecule has 0 atom stereocenters. The third-order valence-electron chi connectivity index (χ3n) is 4.95. The van der Waals surface area contributed by atoms with Crippen molar-refractivity contribution < 1.29 is 14.3 Å². The lowest BCUT2D eigenvalue weighted by Gasteiger charge is -2.09. The van der Waals surface area contributed by atoms with Gasteiger partial charge in [0.05, 0.1) is 18.0 Å². The van der Waals surface area contributed by atoms with Crippen LogP contribution in [0.4, 0.5) is 0 Å². The van der Waals surface area contributed by atoms with Crippen molar-refractivity contribution in [3.63, 3.8) is 0 Å². The Hall–Kier alpha value is -3.89. The molecule has 7 heteroatoms. The van der Waals surface area contributed by atoms with E-state index in [1.54, 1.807) is 17.9 Å². The Bertz CT molecular complexity index is 1140. The number of rotatable bonds is 11. The van der Waals surface area contributed by atoms with Crippen LogP contribution < -0.4 is 10.1 Å². The Balaban J connectivity index is 1.94. The molecule has 34 heavy (non-hydrogen) atoms. The molecule has 176 valence electrons.